The molecule has 1 heterocycles. The Labute approximate surface area is 230 Å². The minimum atomic E-state index is -0.681. The van der Waals surface area contributed by atoms with Crippen molar-refractivity contribution < 1.29 is 19.4 Å². The van der Waals surface area contributed by atoms with Gasteiger partial charge in [-0.15, -0.1) is 0 Å². The lowest BCUT2D eigenvalue weighted by molar-refractivity contribution is 0.0303. The van der Waals surface area contributed by atoms with Crippen LogP contribution in [0.25, 0.3) is 0 Å². The molecule has 1 aliphatic heterocycles. The number of nitrogens with two attached hydrogens (primary N) is 1. The molecule has 204 valence electrons. The number of aryl methyl sites for hydroxylation is 1. The maximum Gasteiger partial charge on any atom is 0.254 e. The Kier molecular flexibility index (Phi) is 13.0. The Hall–Kier alpha value is -1.87. The number of anilines is 1. The second-order valence-electron chi connectivity index (χ2n) is 9.35. The number of nitrogens with zero attached hydrogens (tertiary/aromatic N) is 1. The van der Waals surface area contributed by atoms with Crippen LogP contribution in [-0.2, 0) is 15.9 Å². The number of morpholine rings is 1. The Morgan fingerprint density at radius 3 is 2.38 bits per heavy atom. The topological polar surface area (TPSA) is 97.1 Å². The number of aliphatic hydroxyl groups is 1. The first-order chi connectivity index (χ1) is 18.0. The zero-order valence-corrected chi connectivity index (χ0v) is 22.9. The Balaban J connectivity index is 1.16. The number of nitrogens with one attached hydrogen (secondary N) is 1. The van der Waals surface area contributed by atoms with Crippen molar-refractivity contribution >= 4 is 34.8 Å². The smallest absolute Gasteiger partial charge is 0.254 e. The average molecular weight is 553 g/mol. The number of unbranched alkanes of at least 4 members (excludes halogenated alkanes) is 3. The van der Waals surface area contributed by atoms with E-state index in [1.165, 1.54) is 5.56 Å². The Bertz CT molecular complexity index is 945. The number of carbonyl (C=O) groups is 1. The fourth-order valence-electron chi connectivity index (χ4n) is 4.20. The van der Waals surface area contributed by atoms with E-state index in [1.807, 2.05) is 29.2 Å². The van der Waals surface area contributed by atoms with Gasteiger partial charge in [0.1, 0.15) is 0 Å². The summed E-state index contributed by atoms with van der Waals surface area (Å²) in [5.41, 5.74) is 8.69. The van der Waals surface area contributed by atoms with Gasteiger partial charge in [0.15, 0.2) is 0 Å². The second kappa shape index (κ2) is 16.2. The first kappa shape index (κ1) is 29.7. The normalized spacial score (nSPS) is 14.6. The van der Waals surface area contributed by atoms with E-state index in [4.69, 9.17) is 38.4 Å². The van der Waals surface area contributed by atoms with Gasteiger partial charge in [0.25, 0.3) is 5.91 Å². The van der Waals surface area contributed by atoms with Crippen LogP contribution < -0.4 is 11.1 Å². The molecule has 3 rings (SSSR count). The van der Waals surface area contributed by atoms with Gasteiger partial charge in [-0.25, -0.2) is 0 Å². The van der Waals surface area contributed by atoms with Gasteiger partial charge in [-0.2, -0.15) is 0 Å². The van der Waals surface area contributed by atoms with Crippen LogP contribution in [0.3, 0.4) is 0 Å². The van der Waals surface area contributed by atoms with Crippen LogP contribution in [0.5, 0.6) is 0 Å². The molecule has 0 spiro atoms. The molecule has 0 aromatic heterocycles. The fourth-order valence-corrected chi connectivity index (χ4v) is 4.71. The molecule has 2 aromatic rings. The summed E-state index contributed by atoms with van der Waals surface area (Å²) >= 11 is 12.1. The van der Waals surface area contributed by atoms with Crippen molar-refractivity contribution in [2.45, 2.75) is 44.6 Å². The number of rotatable bonds is 15. The summed E-state index contributed by atoms with van der Waals surface area (Å²) in [5, 5.41) is 14.3. The molecular formula is C28H39Cl2N3O4. The van der Waals surface area contributed by atoms with Gasteiger partial charge < -0.3 is 30.5 Å². The summed E-state index contributed by atoms with van der Waals surface area (Å²) < 4.78 is 11.1. The van der Waals surface area contributed by atoms with E-state index in [9.17, 15) is 9.90 Å². The first-order valence-corrected chi connectivity index (χ1v) is 13.9. The number of aliphatic hydroxyl groups excluding tert-OH is 1. The SMILES string of the molecule is Nc1c(Cl)cc(C(O)CNCCCCCCOCCCc2ccc(C(=O)N3CCOCC3)cc2)cc1Cl. The Morgan fingerprint density at radius 2 is 1.68 bits per heavy atom. The lowest BCUT2D eigenvalue weighted by Gasteiger charge is -2.26. The minimum absolute atomic E-state index is 0.0837. The molecule has 7 nitrogen and oxygen atoms in total. The molecule has 1 fully saturated rings. The standard InChI is InChI=1S/C28H39Cl2N3O4/c29-24-18-23(19-25(30)27(24)31)26(34)20-32-11-3-1-2-4-14-36-15-5-6-21-7-9-22(10-8-21)28(35)33-12-16-37-17-13-33/h7-10,18-19,26,32,34H,1-6,11-17,20,31H2. The fraction of sp³-hybridized carbons (Fsp3) is 0.536. The highest BCUT2D eigenvalue weighted by atomic mass is 35.5. The van der Waals surface area contributed by atoms with Crippen molar-refractivity contribution in [2.24, 2.45) is 0 Å². The molecule has 1 saturated heterocycles. The van der Waals surface area contributed by atoms with Gasteiger partial charge in [0, 0.05) is 38.4 Å². The van der Waals surface area contributed by atoms with Crippen molar-refractivity contribution in [2.75, 3.05) is 58.3 Å². The second-order valence-corrected chi connectivity index (χ2v) is 10.2. The third kappa shape index (κ3) is 10.1. The number of ether oxygens (including phenoxy) is 2. The minimum Gasteiger partial charge on any atom is -0.396 e. The van der Waals surface area contributed by atoms with Crippen molar-refractivity contribution in [1.82, 2.24) is 10.2 Å². The van der Waals surface area contributed by atoms with Crippen molar-refractivity contribution in [3.8, 4) is 0 Å². The number of hydrogen-bond donors (Lipinski definition) is 3. The third-order valence-electron chi connectivity index (χ3n) is 6.47. The van der Waals surface area contributed by atoms with E-state index in [-0.39, 0.29) is 5.91 Å². The lowest BCUT2D eigenvalue weighted by atomic mass is 10.1. The van der Waals surface area contributed by atoms with E-state index >= 15 is 0 Å². The monoisotopic (exact) mass is 551 g/mol. The molecule has 0 aliphatic carbocycles. The van der Waals surface area contributed by atoms with Crippen LogP contribution in [0.1, 0.15) is 59.7 Å². The van der Waals surface area contributed by atoms with Gasteiger partial charge in [-0.1, -0.05) is 48.2 Å². The molecule has 1 unspecified atom stereocenters. The summed E-state index contributed by atoms with van der Waals surface area (Å²) in [7, 11) is 0. The van der Waals surface area contributed by atoms with Crippen LogP contribution >= 0.6 is 23.2 Å². The quantitative estimate of drug-likeness (QED) is 0.215. The van der Waals surface area contributed by atoms with Crippen molar-refractivity contribution in [1.29, 1.82) is 0 Å². The van der Waals surface area contributed by atoms with E-state index in [0.717, 1.165) is 63.8 Å². The highest BCUT2D eigenvalue weighted by Crippen LogP contribution is 2.31. The summed E-state index contributed by atoms with van der Waals surface area (Å²) in [5.74, 6) is 0.0837. The molecular weight excluding hydrogens is 513 g/mol. The molecule has 0 radical (unpaired) electrons. The van der Waals surface area contributed by atoms with E-state index < -0.39 is 6.10 Å². The van der Waals surface area contributed by atoms with E-state index in [1.54, 1.807) is 12.1 Å². The van der Waals surface area contributed by atoms with Crippen LogP contribution in [0, 0.1) is 0 Å². The number of nitrogen functional groups attached to an aromatic ring is 1. The van der Waals surface area contributed by atoms with Gasteiger partial charge in [0.2, 0.25) is 0 Å². The number of amides is 1. The zero-order chi connectivity index (χ0) is 26.5. The molecule has 1 aliphatic rings. The highest BCUT2D eigenvalue weighted by molar-refractivity contribution is 6.38. The van der Waals surface area contributed by atoms with E-state index in [0.29, 0.717) is 54.1 Å². The molecule has 1 atom stereocenters. The maximum absolute atomic E-state index is 12.5. The summed E-state index contributed by atoms with van der Waals surface area (Å²) in [6, 6.07) is 11.2. The molecule has 9 heteroatoms. The van der Waals surface area contributed by atoms with Crippen LogP contribution in [0.15, 0.2) is 36.4 Å². The zero-order valence-electron chi connectivity index (χ0n) is 21.4. The van der Waals surface area contributed by atoms with Crippen LogP contribution in [-0.4, -0.2) is 68.5 Å². The first-order valence-electron chi connectivity index (χ1n) is 13.1. The molecule has 1 amide bonds. The number of halogens is 2. The number of benzene rings is 2. The summed E-state index contributed by atoms with van der Waals surface area (Å²) in [4.78, 5) is 14.4. The molecule has 2 aromatic carbocycles. The largest absolute Gasteiger partial charge is 0.396 e. The highest BCUT2D eigenvalue weighted by Gasteiger charge is 2.18. The Morgan fingerprint density at radius 1 is 1.03 bits per heavy atom. The van der Waals surface area contributed by atoms with Crippen LogP contribution in [0.2, 0.25) is 10.0 Å². The average Bonchev–Trinajstić information content (AvgIpc) is 2.92. The molecule has 0 saturated carbocycles. The molecule has 4 N–H and O–H groups in total. The van der Waals surface area contributed by atoms with Gasteiger partial charge in [-0.3, -0.25) is 4.79 Å². The summed E-state index contributed by atoms with van der Waals surface area (Å²) in [6.07, 6.45) is 5.54. The predicted molar refractivity (Wildman–Crippen MR) is 149 cm³/mol. The van der Waals surface area contributed by atoms with Gasteiger partial charge in [-0.05, 0) is 67.6 Å². The van der Waals surface area contributed by atoms with Crippen LogP contribution in [0.4, 0.5) is 5.69 Å². The maximum atomic E-state index is 12.5. The van der Waals surface area contributed by atoms with Crippen molar-refractivity contribution in [3.63, 3.8) is 0 Å². The lowest BCUT2D eigenvalue weighted by Crippen LogP contribution is -2.40. The van der Waals surface area contributed by atoms with E-state index in [2.05, 4.69) is 5.32 Å². The van der Waals surface area contributed by atoms with Gasteiger partial charge >= 0.3 is 0 Å². The third-order valence-corrected chi connectivity index (χ3v) is 7.09. The molecule has 37 heavy (non-hydrogen) atoms. The van der Waals surface area contributed by atoms with Crippen molar-refractivity contribution in [3.05, 3.63) is 63.1 Å². The van der Waals surface area contributed by atoms with Gasteiger partial charge in [0.05, 0.1) is 35.1 Å². The number of carbonyl (C=O) groups excluding carboxylic acids is 1. The molecule has 0 bridgehead atoms. The summed E-state index contributed by atoms with van der Waals surface area (Å²) in [6.45, 7) is 5.35. The predicted octanol–water partition coefficient (Wildman–Crippen LogP) is 4.88. The number of hydrogen-bond acceptors (Lipinski definition) is 6.